The number of nitrogens with zero attached hydrogens (tertiary/aromatic N) is 3. The molecule has 1 heterocycles. The van der Waals surface area contributed by atoms with Crippen molar-refractivity contribution in [1.82, 2.24) is 14.9 Å². The maximum absolute atomic E-state index is 12.7. The van der Waals surface area contributed by atoms with Crippen LogP contribution in [0, 0.1) is 5.41 Å². The van der Waals surface area contributed by atoms with Gasteiger partial charge < -0.3 is 9.90 Å². The number of carbonyl (C=O) groups excluding carboxylic acids is 2. The maximum atomic E-state index is 12.7. The van der Waals surface area contributed by atoms with Crippen LogP contribution in [0.3, 0.4) is 0 Å². The van der Waals surface area contributed by atoms with E-state index < -0.39 is 34.0 Å². The number of hydrogen-bond acceptors (Lipinski definition) is 5. The normalized spacial score (nSPS) is 11.0. The van der Waals surface area contributed by atoms with E-state index in [0.29, 0.717) is 17.5 Å². The van der Waals surface area contributed by atoms with Gasteiger partial charge in [0.05, 0.1) is 9.27 Å². The highest BCUT2D eigenvalue weighted by Gasteiger charge is 2.38. The number of halogens is 4. The molecule has 21 heavy (non-hydrogen) atoms. The van der Waals surface area contributed by atoms with E-state index in [-0.39, 0.29) is 13.0 Å². The van der Waals surface area contributed by atoms with Crippen LogP contribution in [0.2, 0.25) is 0 Å². The highest BCUT2D eigenvalue weighted by Crippen LogP contribution is 2.34. The molecule has 0 aliphatic rings. The monoisotopic (exact) mass is 369 g/mol. The summed E-state index contributed by atoms with van der Waals surface area (Å²) < 4.78 is 37.5. The average Bonchev–Trinajstić information content (AvgIpc) is 2.37. The Morgan fingerprint density at radius 3 is 2.57 bits per heavy atom. The molecule has 1 aromatic rings. The van der Waals surface area contributed by atoms with Gasteiger partial charge >= 0.3 is 12.3 Å². The zero-order valence-corrected chi connectivity index (χ0v) is 11.8. The number of nitrogens with one attached hydrogen (secondary N) is 1. The molecule has 0 saturated heterocycles. The Bertz CT molecular complexity index is 579. The van der Waals surface area contributed by atoms with E-state index in [1.165, 1.54) is 0 Å². The number of carbonyl (C=O) groups is 2. The summed E-state index contributed by atoms with van der Waals surface area (Å²) in [7, 11) is 0. The van der Waals surface area contributed by atoms with Gasteiger partial charge in [-0.15, -0.1) is 0 Å². The van der Waals surface area contributed by atoms with Gasteiger partial charge in [0.25, 0.3) is 0 Å². The van der Waals surface area contributed by atoms with Crippen LogP contribution in [0.4, 0.5) is 18.0 Å². The van der Waals surface area contributed by atoms with Crippen LogP contribution >= 0.6 is 15.9 Å². The van der Waals surface area contributed by atoms with E-state index in [2.05, 4.69) is 25.9 Å². The summed E-state index contributed by atoms with van der Waals surface area (Å²) in [4.78, 5) is 28.5. The lowest BCUT2D eigenvalue weighted by molar-refractivity contribution is -0.141. The number of alkyl halides is 3. The molecule has 114 valence electrons. The quantitative estimate of drug-likeness (QED) is 0.373. The minimum absolute atomic E-state index is 0.165. The fraction of sp³-hybridized carbons (Fsp3) is 0.300. The van der Waals surface area contributed by atoms with Crippen LogP contribution < -0.4 is 0 Å². The summed E-state index contributed by atoms with van der Waals surface area (Å²) in [5.74, 6) is -0.725. The SMILES string of the molecule is N=C(c1ncnc(C(F)(F)F)c1Br)N(CCC=O)C(=O)[OH2+]. The Hall–Kier alpha value is -2.04. The zero-order chi connectivity index (χ0) is 16.2. The second kappa shape index (κ2) is 6.61. The molecule has 1 rings (SSSR count). The smallest absolute Gasteiger partial charge is 0.547 e. The van der Waals surface area contributed by atoms with E-state index in [0.717, 1.165) is 0 Å². The van der Waals surface area contributed by atoms with E-state index in [1.54, 1.807) is 0 Å². The van der Waals surface area contributed by atoms with Gasteiger partial charge in [0.15, 0.2) is 11.5 Å². The van der Waals surface area contributed by atoms with Crippen molar-refractivity contribution < 1.29 is 27.9 Å². The van der Waals surface area contributed by atoms with Crippen LogP contribution in [0.1, 0.15) is 17.8 Å². The van der Waals surface area contributed by atoms with E-state index in [1.807, 2.05) is 0 Å². The Labute approximate surface area is 124 Å². The van der Waals surface area contributed by atoms with Gasteiger partial charge in [0.1, 0.15) is 18.3 Å². The molecule has 0 spiro atoms. The molecule has 11 heteroatoms. The molecule has 0 aliphatic carbocycles. The van der Waals surface area contributed by atoms with Crippen molar-refractivity contribution >= 4 is 34.1 Å². The highest BCUT2D eigenvalue weighted by atomic mass is 79.9. The van der Waals surface area contributed by atoms with E-state index in [4.69, 9.17) is 10.5 Å². The molecule has 3 N–H and O–H groups in total. The predicted molar refractivity (Wildman–Crippen MR) is 68.0 cm³/mol. The molecule has 0 aromatic carbocycles. The van der Waals surface area contributed by atoms with Crippen molar-refractivity contribution in [2.24, 2.45) is 0 Å². The fourth-order valence-corrected chi connectivity index (χ4v) is 1.97. The minimum atomic E-state index is -4.77. The number of rotatable bonds is 4. The molecular formula is C10H9BrF3N4O3+. The molecular weight excluding hydrogens is 361 g/mol. The van der Waals surface area contributed by atoms with E-state index >= 15 is 0 Å². The summed E-state index contributed by atoms with van der Waals surface area (Å²) in [6, 6.07) is 0. The van der Waals surface area contributed by atoms with Crippen LogP contribution in [-0.4, -0.2) is 44.7 Å². The number of hydrogen-bond donors (Lipinski definition) is 1. The van der Waals surface area contributed by atoms with Gasteiger partial charge in [-0.25, -0.2) is 14.9 Å². The van der Waals surface area contributed by atoms with Crippen molar-refractivity contribution in [3.8, 4) is 0 Å². The van der Waals surface area contributed by atoms with Crippen molar-refractivity contribution in [2.75, 3.05) is 6.54 Å². The third-order valence-electron chi connectivity index (χ3n) is 2.27. The molecule has 0 unspecified atom stereocenters. The molecule has 0 bridgehead atoms. The summed E-state index contributed by atoms with van der Waals surface area (Å²) >= 11 is 2.65. The number of amides is 1. The lowest BCUT2D eigenvalue weighted by Gasteiger charge is -2.16. The summed E-state index contributed by atoms with van der Waals surface area (Å²) in [5.41, 5.74) is -1.80. The first-order valence-corrected chi connectivity index (χ1v) is 6.12. The first-order valence-electron chi connectivity index (χ1n) is 5.33. The molecule has 7 nitrogen and oxygen atoms in total. The predicted octanol–water partition coefficient (Wildman–Crippen LogP) is 1.32. The second-order valence-corrected chi connectivity index (χ2v) is 4.44. The lowest BCUT2D eigenvalue weighted by Crippen LogP contribution is -2.37. The summed E-state index contributed by atoms with van der Waals surface area (Å²) in [6.45, 7) is -0.303. The van der Waals surface area contributed by atoms with Gasteiger partial charge in [-0.05, 0) is 15.9 Å². The Morgan fingerprint density at radius 1 is 1.48 bits per heavy atom. The first-order chi connectivity index (χ1) is 9.70. The highest BCUT2D eigenvalue weighted by molar-refractivity contribution is 9.10. The van der Waals surface area contributed by atoms with Gasteiger partial charge in [0, 0.05) is 13.0 Å². The van der Waals surface area contributed by atoms with Crippen LogP contribution in [-0.2, 0) is 11.0 Å². The Kier molecular flexibility index (Phi) is 5.35. The Balaban J connectivity index is 3.23. The standard InChI is InChI=1S/C10H8BrF3N4O3/c11-5-6(16-4-17-7(5)10(12,13)14)8(15)18(9(20)21)2-1-3-19/h3-4,15H,1-2H2,(H,20,21)/p+1. The Morgan fingerprint density at radius 2 is 2.10 bits per heavy atom. The molecule has 0 saturated carbocycles. The van der Waals surface area contributed by atoms with Crippen molar-refractivity contribution in [3.05, 3.63) is 22.2 Å². The number of amidine groups is 1. The van der Waals surface area contributed by atoms with Crippen molar-refractivity contribution in [2.45, 2.75) is 12.6 Å². The molecule has 1 aromatic heterocycles. The maximum Gasteiger partial charge on any atom is 0.634 e. The van der Waals surface area contributed by atoms with Gasteiger partial charge in [-0.1, -0.05) is 0 Å². The number of aldehydes is 1. The van der Waals surface area contributed by atoms with Gasteiger partial charge in [-0.2, -0.15) is 13.2 Å². The summed E-state index contributed by atoms with van der Waals surface area (Å²) in [6.07, 6.45) is -5.21. The summed E-state index contributed by atoms with van der Waals surface area (Å²) in [5, 5.41) is 14.7. The molecule has 0 atom stereocenters. The van der Waals surface area contributed by atoms with Gasteiger partial charge in [0.2, 0.25) is 0 Å². The number of aromatic nitrogens is 2. The molecule has 0 fully saturated rings. The van der Waals surface area contributed by atoms with Crippen molar-refractivity contribution in [1.29, 1.82) is 5.41 Å². The van der Waals surface area contributed by atoms with Crippen LogP contribution in [0.25, 0.3) is 0 Å². The minimum Gasteiger partial charge on any atom is -0.547 e. The topological polar surface area (TPSA) is 110 Å². The van der Waals surface area contributed by atoms with Gasteiger partial charge in [-0.3, -0.25) is 5.41 Å². The third kappa shape index (κ3) is 3.97. The average molecular weight is 370 g/mol. The molecule has 1 amide bonds. The third-order valence-corrected chi connectivity index (χ3v) is 3.02. The molecule has 0 radical (unpaired) electrons. The fourth-order valence-electron chi connectivity index (χ4n) is 1.36. The largest absolute Gasteiger partial charge is 0.634 e. The zero-order valence-electron chi connectivity index (χ0n) is 10.2. The van der Waals surface area contributed by atoms with Crippen LogP contribution in [0.5, 0.6) is 0 Å². The lowest BCUT2D eigenvalue weighted by atomic mass is 10.2. The van der Waals surface area contributed by atoms with E-state index in [9.17, 15) is 22.8 Å². The first kappa shape index (κ1) is 17.0. The van der Waals surface area contributed by atoms with Crippen LogP contribution in [0.15, 0.2) is 10.8 Å². The second-order valence-electron chi connectivity index (χ2n) is 3.64. The van der Waals surface area contributed by atoms with Crippen molar-refractivity contribution in [3.63, 3.8) is 0 Å². The molecule has 0 aliphatic heterocycles.